The molecule has 0 aromatic carbocycles. The standard InChI is InChI=1S/C14H24N2O5/c17-9-10-21-12-3-7-16(8-4-12)14(20)15-5-1-11(2-6-15)13(18)19/h11-12,17H,1-10H2,(H,18,19). The second-order valence-corrected chi connectivity index (χ2v) is 5.66. The SMILES string of the molecule is O=C(O)C1CCN(C(=O)N2CCC(OCCO)CC2)CC1. The number of urea groups is 1. The third-order valence-corrected chi connectivity index (χ3v) is 4.27. The van der Waals surface area contributed by atoms with Crippen LogP contribution in [0.4, 0.5) is 4.79 Å². The molecule has 2 heterocycles. The van der Waals surface area contributed by atoms with Gasteiger partial charge in [-0.25, -0.2) is 4.79 Å². The third-order valence-electron chi connectivity index (χ3n) is 4.27. The predicted molar refractivity (Wildman–Crippen MR) is 75.0 cm³/mol. The number of aliphatic carboxylic acids is 1. The minimum Gasteiger partial charge on any atom is -0.481 e. The Labute approximate surface area is 124 Å². The zero-order valence-corrected chi connectivity index (χ0v) is 12.2. The average Bonchev–Trinajstić information content (AvgIpc) is 2.53. The maximum Gasteiger partial charge on any atom is 0.320 e. The van der Waals surface area contributed by atoms with Gasteiger partial charge in [0.25, 0.3) is 0 Å². The quantitative estimate of drug-likeness (QED) is 0.783. The molecule has 2 saturated heterocycles. The Morgan fingerprint density at radius 2 is 1.52 bits per heavy atom. The number of carbonyl (C=O) groups is 2. The van der Waals surface area contributed by atoms with Crippen molar-refractivity contribution >= 4 is 12.0 Å². The minimum absolute atomic E-state index is 0.0134. The zero-order chi connectivity index (χ0) is 15.2. The van der Waals surface area contributed by atoms with Gasteiger partial charge in [0, 0.05) is 26.2 Å². The molecule has 7 heteroatoms. The Hall–Kier alpha value is -1.34. The number of aliphatic hydroxyl groups is 1. The summed E-state index contributed by atoms with van der Waals surface area (Å²) in [6.45, 7) is 2.74. The van der Waals surface area contributed by atoms with Gasteiger partial charge in [-0.15, -0.1) is 0 Å². The Morgan fingerprint density at radius 3 is 2.00 bits per heavy atom. The van der Waals surface area contributed by atoms with Gasteiger partial charge in [0.15, 0.2) is 0 Å². The first-order chi connectivity index (χ1) is 10.1. The van der Waals surface area contributed by atoms with Crippen molar-refractivity contribution in [3.63, 3.8) is 0 Å². The smallest absolute Gasteiger partial charge is 0.320 e. The van der Waals surface area contributed by atoms with Gasteiger partial charge in [0.2, 0.25) is 0 Å². The van der Waals surface area contributed by atoms with E-state index in [4.69, 9.17) is 14.9 Å². The molecule has 2 aliphatic heterocycles. The van der Waals surface area contributed by atoms with Crippen molar-refractivity contribution in [2.75, 3.05) is 39.4 Å². The molecule has 7 nitrogen and oxygen atoms in total. The van der Waals surface area contributed by atoms with E-state index >= 15 is 0 Å². The van der Waals surface area contributed by atoms with E-state index in [0.29, 0.717) is 45.6 Å². The minimum atomic E-state index is -0.760. The molecule has 2 N–H and O–H groups in total. The van der Waals surface area contributed by atoms with Gasteiger partial charge in [0.1, 0.15) is 0 Å². The van der Waals surface area contributed by atoms with Crippen LogP contribution in [-0.4, -0.2) is 77.5 Å². The van der Waals surface area contributed by atoms with Crippen LogP contribution in [-0.2, 0) is 9.53 Å². The fraction of sp³-hybridized carbons (Fsp3) is 0.857. The van der Waals surface area contributed by atoms with Crippen LogP contribution < -0.4 is 0 Å². The summed E-state index contributed by atoms with van der Waals surface area (Å²) in [5.74, 6) is -1.07. The molecule has 0 bridgehead atoms. The average molecular weight is 300 g/mol. The van der Waals surface area contributed by atoms with Gasteiger partial charge in [0.05, 0.1) is 25.2 Å². The van der Waals surface area contributed by atoms with Crippen LogP contribution in [0.25, 0.3) is 0 Å². The first-order valence-corrected chi connectivity index (χ1v) is 7.61. The molecule has 2 amide bonds. The number of carboxylic acid groups (broad SMARTS) is 1. The number of amides is 2. The summed E-state index contributed by atoms with van der Waals surface area (Å²) >= 11 is 0. The summed E-state index contributed by atoms with van der Waals surface area (Å²) < 4.78 is 5.48. The van der Waals surface area contributed by atoms with E-state index in [2.05, 4.69) is 0 Å². The van der Waals surface area contributed by atoms with Crippen molar-refractivity contribution in [3.05, 3.63) is 0 Å². The van der Waals surface area contributed by atoms with E-state index in [-0.39, 0.29) is 24.7 Å². The second kappa shape index (κ2) is 7.61. The fourth-order valence-electron chi connectivity index (χ4n) is 2.95. The number of rotatable bonds is 4. The van der Waals surface area contributed by atoms with Crippen LogP contribution in [0.15, 0.2) is 0 Å². The number of hydrogen-bond donors (Lipinski definition) is 2. The zero-order valence-electron chi connectivity index (χ0n) is 12.2. The largest absolute Gasteiger partial charge is 0.481 e. The van der Waals surface area contributed by atoms with Gasteiger partial charge in [-0.3, -0.25) is 4.79 Å². The molecule has 0 saturated carbocycles. The number of hydrogen-bond acceptors (Lipinski definition) is 4. The lowest BCUT2D eigenvalue weighted by atomic mass is 9.97. The fourth-order valence-corrected chi connectivity index (χ4v) is 2.95. The maximum absolute atomic E-state index is 12.4. The monoisotopic (exact) mass is 300 g/mol. The number of nitrogens with zero attached hydrogens (tertiary/aromatic N) is 2. The summed E-state index contributed by atoms with van der Waals surface area (Å²) in [4.78, 5) is 26.9. The molecular formula is C14H24N2O5. The summed E-state index contributed by atoms with van der Waals surface area (Å²) in [5.41, 5.74) is 0. The van der Waals surface area contributed by atoms with Crippen LogP contribution in [0, 0.1) is 5.92 Å². The molecule has 0 radical (unpaired) electrons. The molecule has 0 atom stereocenters. The van der Waals surface area contributed by atoms with Gasteiger partial charge >= 0.3 is 12.0 Å². The molecule has 2 rings (SSSR count). The molecule has 0 aromatic rings. The summed E-state index contributed by atoms with van der Waals surface area (Å²) in [5, 5.41) is 17.7. The number of carbonyl (C=O) groups excluding carboxylic acids is 1. The molecule has 2 fully saturated rings. The molecule has 0 aromatic heterocycles. The lowest BCUT2D eigenvalue weighted by Gasteiger charge is -2.38. The van der Waals surface area contributed by atoms with E-state index in [1.54, 1.807) is 4.90 Å². The highest BCUT2D eigenvalue weighted by Gasteiger charge is 2.31. The second-order valence-electron chi connectivity index (χ2n) is 5.66. The van der Waals surface area contributed by atoms with Crippen LogP contribution in [0.2, 0.25) is 0 Å². The molecule has 21 heavy (non-hydrogen) atoms. The molecule has 0 aliphatic carbocycles. The van der Waals surface area contributed by atoms with Crippen molar-refractivity contribution in [1.29, 1.82) is 0 Å². The van der Waals surface area contributed by atoms with Gasteiger partial charge in [-0.1, -0.05) is 0 Å². The first-order valence-electron chi connectivity index (χ1n) is 7.61. The van der Waals surface area contributed by atoms with E-state index in [9.17, 15) is 9.59 Å². The Morgan fingerprint density at radius 1 is 1.00 bits per heavy atom. The van der Waals surface area contributed by atoms with Crippen molar-refractivity contribution in [1.82, 2.24) is 9.80 Å². The topological polar surface area (TPSA) is 90.3 Å². The number of likely N-dealkylation sites (tertiary alicyclic amines) is 2. The van der Waals surface area contributed by atoms with Crippen LogP contribution in [0.3, 0.4) is 0 Å². The van der Waals surface area contributed by atoms with Crippen molar-refractivity contribution < 1.29 is 24.5 Å². The molecule has 2 aliphatic rings. The highest BCUT2D eigenvalue weighted by molar-refractivity contribution is 5.75. The number of piperidine rings is 2. The molecule has 120 valence electrons. The number of carboxylic acids is 1. The Bertz CT molecular complexity index is 360. The van der Waals surface area contributed by atoms with Crippen molar-refractivity contribution in [3.8, 4) is 0 Å². The van der Waals surface area contributed by atoms with Crippen molar-refractivity contribution in [2.45, 2.75) is 31.8 Å². The van der Waals surface area contributed by atoms with Crippen LogP contribution in [0.1, 0.15) is 25.7 Å². The van der Waals surface area contributed by atoms with Gasteiger partial charge in [-0.05, 0) is 25.7 Å². The maximum atomic E-state index is 12.4. The summed E-state index contributed by atoms with van der Waals surface area (Å²) in [6.07, 6.45) is 2.78. The number of ether oxygens (including phenoxy) is 1. The Kier molecular flexibility index (Phi) is 5.81. The highest BCUT2D eigenvalue weighted by atomic mass is 16.5. The van der Waals surface area contributed by atoms with Crippen molar-refractivity contribution in [2.24, 2.45) is 5.92 Å². The molecular weight excluding hydrogens is 276 g/mol. The third kappa shape index (κ3) is 4.31. The number of aliphatic hydroxyl groups excluding tert-OH is 1. The van der Waals surface area contributed by atoms with Gasteiger partial charge in [-0.2, -0.15) is 0 Å². The normalized spacial score (nSPS) is 21.6. The van der Waals surface area contributed by atoms with Crippen LogP contribution in [0.5, 0.6) is 0 Å². The highest BCUT2D eigenvalue weighted by Crippen LogP contribution is 2.20. The van der Waals surface area contributed by atoms with Gasteiger partial charge < -0.3 is 24.7 Å². The van der Waals surface area contributed by atoms with E-state index < -0.39 is 5.97 Å². The van der Waals surface area contributed by atoms with E-state index in [1.165, 1.54) is 0 Å². The summed E-state index contributed by atoms with van der Waals surface area (Å²) in [7, 11) is 0. The lowest BCUT2D eigenvalue weighted by Crippen LogP contribution is -2.50. The first kappa shape index (κ1) is 16.0. The molecule has 0 unspecified atom stereocenters. The predicted octanol–water partition coefficient (Wildman–Crippen LogP) is 0.376. The van der Waals surface area contributed by atoms with E-state index in [0.717, 1.165) is 12.8 Å². The lowest BCUT2D eigenvalue weighted by molar-refractivity contribution is -0.143. The summed E-state index contributed by atoms with van der Waals surface area (Å²) in [6, 6.07) is 0.0134. The van der Waals surface area contributed by atoms with Crippen LogP contribution >= 0.6 is 0 Å². The Balaban J connectivity index is 1.74. The van der Waals surface area contributed by atoms with E-state index in [1.807, 2.05) is 4.90 Å². The molecule has 0 spiro atoms.